The lowest BCUT2D eigenvalue weighted by molar-refractivity contribution is 0.240. The van der Waals surface area contributed by atoms with E-state index in [1.165, 1.54) is 12.1 Å². The van der Waals surface area contributed by atoms with Crippen LogP contribution in [-0.4, -0.2) is 16.0 Å². The summed E-state index contributed by atoms with van der Waals surface area (Å²) in [6.07, 6.45) is 0. The van der Waals surface area contributed by atoms with Gasteiger partial charge in [-0.25, -0.2) is 18.6 Å². The van der Waals surface area contributed by atoms with Crippen molar-refractivity contribution >= 4 is 33.0 Å². The minimum Gasteiger partial charge on any atom is -0.340 e. The van der Waals surface area contributed by atoms with E-state index in [2.05, 4.69) is 36.5 Å². The van der Waals surface area contributed by atoms with E-state index in [1.807, 2.05) is 18.2 Å². The van der Waals surface area contributed by atoms with Crippen LogP contribution in [0.2, 0.25) is 0 Å². The summed E-state index contributed by atoms with van der Waals surface area (Å²) in [5, 5.41) is 5.17. The van der Waals surface area contributed by atoms with Crippen LogP contribution in [0.4, 0.5) is 13.6 Å². The molecule has 3 aromatic rings. The monoisotopic (exact) mass is 394 g/mol. The number of nitrogens with one attached hydrogen (secondary N) is 3. The van der Waals surface area contributed by atoms with Gasteiger partial charge in [0.25, 0.3) is 0 Å². The SMILES string of the molecule is O=C(NCc1cc(F)cc(F)c1)NCc1nc2c(Br)cccc2[nH]1. The fourth-order valence-electron chi connectivity index (χ4n) is 2.25. The number of para-hydroxylation sites is 1. The highest BCUT2D eigenvalue weighted by Crippen LogP contribution is 2.21. The predicted octanol–water partition coefficient (Wildman–Crippen LogP) is 3.60. The van der Waals surface area contributed by atoms with Crippen molar-refractivity contribution in [3.63, 3.8) is 0 Å². The Morgan fingerprint density at radius 1 is 1.12 bits per heavy atom. The van der Waals surface area contributed by atoms with E-state index in [9.17, 15) is 13.6 Å². The van der Waals surface area contributed by atoms with Gasteiger partial charge < -0.3 is 15.6 Å². The highest BCUT2D eigenvalue weighted by molar-refractivity contribution is 9.10. The topological polar surface area (TPSA) is 69.8 Å². The Bertz CT molecular complexity index is 877. The van der Waals surface area contributed by atoms with E-state index in [0.717, 1.165) is 21.6 Å². The van der Waals surface area contributed by atoms with Gasteiger partial charge in [-0.1, -0.05) is 6.07 Å². The molecule has 1 aromatic heterocycles. The molecule has 0 saturated carbocycles. The summed E-state index contributed by atoms with van der Waals surface area (Å²) in [4.78, 5) is 19.3. The quantitative estimate of drug-likeness (QED) is 0.632. The molecule has 0 radical (unpaired) electrons. The van der Waals surface area contributed by atoms with Crippen LogP contribution in [0.5, 0.6) is 0 Å². The number of imidazole rings is 1. The van der Waals surface area contributed by atoms with Crippen LogP contribution in [0.1, 0.15) is 11.4 Å². The van der Waals surface area contributed by atoms with Crippen molar-refractivity contribution < 1.29 is 13.6 Å². The average Bonchev–Trinajstić information content (AvgIpc) is 2.95. The van der Waals surface area contributed by atoms with Gasteiger partial charge >= 0.3 is 6.03 Å². The molecule has 3 rings (SSSR count). The molecule has 0 fully saturated rings. The summed E-state index contributed by atoms with van der Waals surface area (Å²) in [5.41, 5.74) is 1.98. The first-order valence-electron chi connectivity index (χ1n) is 7.11. The number of benzene rings is 2. The number of hydrogen-bond acceptors (Lipinski definition) is 2. The van der Waals surface area contributed by atoms with Crippen LogP contribution in [0, 0.1) is 11.6 Å². The number of carbonyl (C=O) groups is 1. The number of fused-ring (bicyclic) bond motifs is 1. The third-order valence-electron chi connectivity index (χ3n) is 3.30. The second kappa shape index (κ2) is 6.96. The summed E-state index contributed by atoms with van der Waals surface area (Å²) in [7, 11) is 0. The smallest absolute Gasteiger partial charge is 0.315 e. The maximum Gasteiger partial charge on any atom is 0.315 e. The molecule has 3 N–H and O–H groups in total. The normalized spacial score (nSPS) is 10.8. The van der Waals surface area contributed by atoms with Crippen LogP contribution in [0.15, 0.2) is 40.9 Å². The molecule has 0 aliphatic rings. The van der Waals surface area contributed by atoms with Crippen LogP contribution in [0.3, 0.4) is 0 Å². The highest BCUT2D eigenvalue weighted by atomic mass is 79.9. The summed E-state index contributed by atoms with van der Waals surface area (Å²) >= 11 is 3.41. The van der Waals surface area contributed by atoms with Gasteiger partial charge in [0.15, 0.2) is 0 Å². The number of amides is 2. The Balaban J connectivity index is 1.55. The molecule has 1 heterocycles. The fourth-order valence-corrected chi connectivity index (χ4v) is 2.71. The molecular weight excluding hydrogens is 382 g/mol. The van der Waals surface area contributed by atoms with Crippen LogP contribution >= 0.6 is 15.9 Å². The minimum absolute atomic E-state index is 0.0200. The number of carbonyl (C=O) groups excluding carboxylic acids is 1. The molecule has 24 heavy (non-hydrogen) atoms. The molecule has 0 aliphatic carbocycles. The number of H-pyrrole nitrogens is 1. The van der Waals surface area contributed by atoms with Gasteiger partial charge in [-0.15, -0.1) is 0 Å². The molecule has 2 aromatic carbocycles. The van der Waals surface area contributed by atoms with E-state index in [0.29, 0.717) is 11.4 Å². The molecule has 8 heteroatoms. The molecule has 124 valence electrons. The van der Waals surface area contributed by atoms with Crippen LogP contribution < -0.4 is 10.6 Å². The number of hydrogen-bond donors (Lipinski definition) is 3. The Kier molecular flexibility index (Phi) is 4.75. The van der Waals surface area contributed by atoms with E-state index in [4.69, 9.17) is 0 Å². The summed E-state index contributed by atoms with van der Waals surface area (Å²) in [6, 6.07) is 8.30. The zero-order chi connectivity index (χ0) is 17.1. The van der Waals surface area contributed by atoms with Crippen LogP contribution in [0.25, 0.3) is 11.0 Å². The third kappa shape index (κ3) is 3.88. The summed E-state index contributed by atoms with van der Waals surface area (Å²) in [5.74, 6) is -0.760. The van der Waals surface area contributed by atoms with Gasteiger partial charge in [0.05, 0.1) is 12.1 Å². The molecular formula is C16H13BrF2N4O. The zero-order valence-corrected chi connectivity index (χ0v) is 14.0. The molecule has 0 unspecified atom stereocenters. The van der Waals surface area contributed by atoms with Gasteiger partial charge in [-0.05, 0) is 45.8 Å². The summed E-state index contributed by atoms with van der Waals surface area (Å²) < 4.78 is 27.0. The van der Waals surface area contributed by atoms with Crippen molar-refractivity contribution in [1.82, 2.24) is 20.6 Å². The van der Waals surface area contributed by atoms with Crippen molar-refractivity contribution in [3.8, 4) is 0 Å². The second-order valence-corrected chi connectivity index (χ2v) is 5.99. The predicted molar refractivity (Wildman–Crippen MR) is 89.2 cm³/mol. The molecule has 0 spiro atoms. The Labute approximate surface area is 144 Å². The summed E-state index contributed by atoms with van der Waals surface area (Å²) in [6.45, 7) is 0.219. The fraction of sp³-hybridized carbons (Fsp3) is 0.125. The molecule has 0 atom stereocenters. The van der Waals surface area contributed by atoms with Gasteiger partial charge in [-0.2, -0.15) is 0 Å². The highest BCUT2D eigenvalue weighted by Gasteiger charge is 2.08. The van der Waals surface area contributed by atoms with Crippen molar-refractivity contribution in [2.45, 2.75) is 13.1 Å². The molecule has 0 saturated heterocycles. The maximum atomic E-state index is 13.1. The largest absolute Gasteiger partial charge is 0.340 e. The maximum absolute atomic E-state index is 13.1. The zero-order valence-electron chi connectivity index (χ0n) is 12.4. The van der Waals surface area contributed by atoms with E-state index in [-0.39, 0.29) is 13.1 Å². The first kappa shape index (κ1) is 16.4. The number of halogens is 3. The Morgan fingerprint density at radius 2 is 1.83 bits per heavy atom. The number of rotatable bonds is 4. The van der Waals surface area contributed by atoms with E-state index in [1.54, 1.807) is 0 Å². The molecule has 0 bridgehead atoms. The van der Waals surface area contributed by atoms with Gasteiger partial charge in [-0.3, -0.25) is 0 Å². The van der Waals surface area contributed by atoms with E-state index < -0.39 is 17.7 Å². The number of aromatic nitrogens is 2. The standard InChI is InChI=1S/C16H13BrF2N4O/c17-12-2-1-3-13-15(12)23-14(22-13)8-21-16(24)20-7-9-4-10(18)6-11(19)5-9/h1-6H,7-8H2,(H,22,23)(H2,20,21,24). The van der Waals surface area contributed by atoms with Gasteiger partial charge in [0.2, 0.25) is 0 Å². The third-order valence-corrected chi connectivity index (χ3v) is 3.94. The molecule has 5 nitrogen and oxygen atoms in total. The van der Waals surface area contributed by atoms with Gasteiger partial charge in [0.1, 0.15) is 23.0 Å². The first-order valence-corrected chi connectivity index (χ1v) is 7.90. The second-order valence-electron chi connectivity index (χ2n) is 5.13. The van der Waals surface area contributed by atoms with Gasteiger partial charge in [0, 0.05) is 17.1 Å². The van der Waals surface area contributed by atoms with Crippen molar-refractivity contribution in [1.29, 1.82) is 0 Å². The Hall–Kier alpha value is -2.48. The van der Waals surface area contributed by atoms with E-state index >= 15 is 0 Å². The lowest BCUT2D eigenvalue weighted by Crippen LogP contribution is -2.34. The number of aromatic amines is 1. The lowest BCUT2D eigenvalue weighted by Gasteiger charge is -2.07. The van der Waals surface area contributed by atoms with Crippen molar-refractivity contribution in [3.05, 3.63) is 63.9 Å². The minimum atomic E-state index is -0.680. The van der Waals surface area contributed by atoms with Crippen molar-refractivity contribution in [2.24, 2.45) is 0 Å². The first-order chi connectivity index (χ1) is 11.5. The average molecular weight is 395 g/mol. The van der Waals surface area contributed by atoms with Crippen molar-refractivity contribution in [2.75, 3.05) is 0 Å². The number of nitrogens with zero attached hydrogens (tertiary/aromatic N) is 1. The Morgan fingerprint density at radius 3 is 2.54 bits per heavy atom. The molecule has 2 amide bonds. The molecule has 0 aliphatic heterocycles. The number of urea groups is 1. The van der Waals surface area contributed by atoms with Crippen LogP contribution in [-0.2, 0) is 13.1 Å². The lowest BCUT2D eigenvalue weighted by atomic mass is 10.2.